The van der Waals surface area contributed by atoms with Crippen LogP contribution in [0.1, 0.15) is 30.5 Å². The molecule has 42 heavy (non-hydrogen) atoms. The number of ether oxygens (including phenoxy) is 4. The maximum atomic E-state index is 14.0. The van der Waals surface area contributed by atoms with Gasteiger partial charge in [0.2, 0.25) is 11.6 Å². The number of halogens is 4. The first-order valence-electron chi connectivity index (χ1n) is 13.0. The van der Waals surface area contributed by atoms with Crippen molar-refractivity contribution in [2.45, 2.75) is 26.9 Å². The Kier molecular flexibility index (Phi) is 9.89. The average Bonchev–Trinajstić information content (AvgIpc) is 3.23. The maximum Gasteiger partial charge on any atom is 0.276 e. The molecule has 222 valence electrons. The minimum atomic E-state index is -1.65. The Hall–Kier alpha value is -4.32. The highest BCUT2D eigenvalue weighted by molar-refractivity contribution is 7.80. The van der Waals surface area contributed by atoms with Gasteiger partial charge in [-0.2, -0.15) is 8.78 Å². The summed E-state index contributed by atoms with van der Waals surface area (Å²) >= 11 is 5.39. The van der Waals surface area contributed by atoms with E-state index in [9.17, 15) is 22.4 Å². The third-order valence-electron chi connectivity index (χ3n) is 6.25. The molecule has 1 fully saturated rings. The Labute approximate surface area is 245 Å². The predicted molar refractivity (Wildman–Crippen MR) is 152 cm³/mol. The second kappa shape index (κ2) is 13.6. The molecule has 3 aromatic carbocycles. The number of carbonyl (C=O) groups excluding carboxylic acids is 1. The molecule has 7 nitrogen and oxygen atoms in total. The number of nitrogens with one attached hydrogen (secondary N) is 1. The zero-order valence-electron chi connectivity index (χ0n) is 23.1. The van der Waals surface area contributed by atoms with E-state index >= 15 is 0 Å². The Bertz CT molecular complexity index is 1510. The lowest BCUT2D eigenvalue weighted by atomic mass is 10.1. The predicted octanol–water partition coefficient (Wildman–Crippen LogP) is 5.93. The van der Waals surface area contributed by atoms with E-state index in [0.29, 0.717) is 54.6 Å². The molecule has 1 heterocycles. The SMILES string of the molecule is CCOc1ccc(CCN2C(=O)/C(=C\c3ccc(OC)c(COc4c(F)c(F)cc(F)c4F)c3)NC2=S)cc1OCC. The normalized spacial score (nSPS) is 13.9. The number of benzene rings is 3. The molecular weight excluding hydrogens is 576 g/mol. The second-order valence-electron chi connectivity index (χ2n) is 9.00. The van der Waals surface area contributed by atoms with Crippen molar-refractivity contribution in [3.05, 3.63) is 88.1 Å². The van der Waals surface area contributed by atoms with Gasteiger partial charge in [-0.1, -0.05) is 12.1 Å². The number of rotatable bonds is 12. The zero-order chi connectivity index (χ0) is 30.4. The van der Waals surface area contributed by atoms with Gasteiger partial charge in [0.1, 0.15) is 18.1 Å². The van der Waals surface area contributed by atoms with Gasteiger partial charge in [-0.3, -0.25) is 9.69 Å². The number of thiocarbonyl (C=S) groups is 1. The first kappa shape index (κ1) is 30.6. The third kappa shape index (κ3) is 6.76. The molecule has 1 saturated heterocycles. The van der Waals surface area contributed by atoms with Crippen LogP contribution in [0.2, 0.25) is 0 Å². The van der Waals surface area contributed by atoms with Gasteiger partial charge in [0, 0.05) is 18.2 Å². The van der Waals surface area contributed by atoms with Crippen molar-refractivity contribution in [1.82, 2.24) is 10.2 Å². The minimum absolute atomic E-state index is 0.0977. The van der Waals surface area contributed by atoms with Crippen molar-refractivity contribution in [3.8, 4) is 23.0 Å². The van der Waals surface area contributed by atoms with Crippen LogP contribution < -0.4 is 24.3 Å². The fraction of sp³-hybridized carbons (Fsp3) is 0.267. The maximum absolute atomic E-state index is 14.0. The fourth-order valence-electron chi connectivity index (χ4n) is 4.26. The largest absolute Gasteiger partial charge is 0.496 e. The van der Waals surface area contributed by atoms with Gasteiger partial charge in [0.25, 0.3) is 5.91 Å². The van der Waals surface area contributed by atoms with Crippen LogP contribution in [0.25, 0.3) is 6.08 Å². The molecule has 4 rings (SSSR count). The first-order valence-corrected chi connectivity index (χ1v) is 13.4. The van der Waals surface area contributed by atoms with Crippen LogP contribution in [0.5, 0.6) is 23.0 Å². The van der Waals surface area contributed by atoms with Gasteiger partial charge in [0.15, 0.2) is 34.0 Å². The van der Waals surface area contributed by atoms with Crippen molar-refractivity contribution >= 4 is 29.3 Å². The molecule has 3 aromatic rings. The van der Waals surface area contributed by atoms with E-state index in [2.05, 4.69) is 5.32 Å². The highest BCUT2D eigenvalue weighted by Crippen LogP contribution is 2.31. The Morgan fingerprint density at radius 3 is 2.21 bits per heavy atom. The van der Waals surface area contributed by atoms with Crippen molar-refractivity contribution in [1.29, 1.82) is 0 Å². The van der Waals surface area contributed by atoms with Crippen molar-refractivity contribution in [2.24, 2.45) is 0 Å². The van der Waals surface area contributed by atoms with Gasteiger partial charge in [-0.25, -0.2) is 8.78 Å². The monoisotopic (exact) mass is 604 g/mol. The van der Waals surface area contributed by atoms with Crippen LogP contribution in [0.15, 0.2) is 48.2 Å². The van der Waals surface area contributed by atoms with Crippen molar-refractivity contribution < 1.29 is 41.3 Å². The second-order valence-corrected chi connectivity index (χ2v) is 9.39. The van der Waals surface area contributed by atoms with E-state index < -0.39 is 35.6 Å². The number of carbonyl (C=O) groups is 1. The lowest BCUT2D eigenvalue weighted by Crippen LogP contribution is -2.32. The lowest BCUT2D eigenvalue weighted by Gasteiger charge is -2.16. The van der Waals surface area contributed by atoms with E-state index in [1.807, 2.05) is 32.0 Å². The van der Waals surface area contributed by atoms with Gasteiger partial charge in [0.05, 0.1) is 20.3 Å². The molecule has 0 atom stereocenters. The van der Waals surface area contributed by atoms with Gasteiger partial charge in [-0.15, -0.1) is 0 Å². The van der Waals surface area contributed by atoms with E-state index in [1.54, 1.807) is 24.3 Å². The lowest BCUT2D eigenvalue weighted by molar-refractivity contribution is -0.122. The Balaban J connectivity index is 1.49. The zero-order valence-corrected chi connectivity index (χ0v) is 23.9. The van der Waals surface area contributed by atoms with Crippen LogP contribution in [-0.2, 0) is 17.8 Å². The number of amides is 1. The highest BCUT2D eigenvalue weighted by atomic mass is 32.1. The molecule has 0 radical (unpaired) electrons. The minimum Gasteiger partial charge on any atom is -0.496 e. The number of nitrogens with zero attached hydrogens (tertiary/aromatic N) is 1. The third-order valence-corrected chi connectivity index (χ3v) is 6.58. The summed E-state index contributed by atoms with van der Waals surface area (Å²) in [6, 6.07) is 10.5. The Morgan fingerprint density at radius 2 is 1.55 bits per heavy atom. The molecule has 1 N–H and O–H groups in total. The summed E-state index contributed by atoms with van der Waals surface area (Å²) in [5, 5.41) is 3.14. The van der Waals surface area contributed by atoms with E-state index in [-0.39, 0.29) is 22.8 Å². The Morgan fingerprint density at radius 1 is 0.881 bits per heavy atom. The van der Waals surface area contributed by atoms with Crippen molar-refractivity contribution in [2.75, 3.05) is 26.9 Å². The van der Waals surface area contributed by atoms with Crippen molar-refractivity contribution in [3.63, 3.8) is 0 Å². The van der Waals surface area contributed by atoms with E-state index in [4.69, 9.17) is 31.2 Å². The number of hydrogen-bond acceptors (Lipinski definition) is 6. The van der Waals surface area contributed by atoms with Crippen LogP contribution in [0.3, 0.4) is 0 Å². The van der Waals surface area contributed by atoms with Crippen LogP contribution in [-0.4, -0.2) is 42.8 Å². The summed E-state index contributed by atoms with van der Waals surface area (Å²) in [6.07, 6.45) is 2.05. The van der Waals surface area contributed by atoms with Crippen LogP contribution >= 0.6 is 12.2 Å². The number of methoxy groups -OCH3 is 1. The highest BCUT2D eigenvalue weighted by Gasteiger charge is 2.30. The smallest absolute Gasteiger partial charge is 0.276 e. The topological polar surface area (TPSA) is 69.3 Å². The molecule has 0 unspecified atom stereocenters. The number of hydrogen-bond donors (Lipinski definition) is 1. The quantitative estimate of drug-likeness (QED) is 0.119. The molecule has 1 aliphatic rings. The van der Waals surface area contributed by atoms with Gasteiger partial charge >= 0.3 is 0 Å². The molecule has 0 aliphatic carbocycles. The molecule has 0 aromatic heterocycles. The van der Waals surface area contributed by atoms with E-state index in [1.165, 1.54) is 12.0 Å². The van der Waals surface area contributed by atoms with Crippen LogP contribution in [0, 0.1) is 23.3 Å². The molecule has 1 aliphatic heterocycles. The average molecular weight is 605 g/mol. The molecule has 0 bridgehead atoms. The fourth-order valence-corrected chi connectivity index (χ4v) is 4.55. The molecular formula is C30H28F4N2O5S. The summed E-state index contributed by atoms with van der Waals surface area (Å²) in [4.78, 5) is 14.6. The van der Waals surface area contributed by atoms with Gasteiger partial charge < -0.3 is 24.3 Å². The molecule has 12 heteroatoms. The molecule has 0 saturated carbocycles. The van der Waals surface area contributed by atoms with E-state index in [0.717, 1.165) is 5.56 Å². The summed E-state index contributed by atoms with van der Waals surface area (Å²) < 4.78 is 76.9. The van der Waals surface area contributed by atoms with Crippen LogP contribution in [0.4, 0.5) is 17.6 Å². The molecule has 1 amide bonds. The van der Waals surface area contributed by atoms with Gasteiger partial charge in [-0.05, 0) is 74.0 Å². The first-order chi connectivity index (χ1) is 20.2. The standard InChI is InChI=1S/C30H28F4N2O5S/c1-4-39-24-9-6-17(14-25(24)40-5-2)10-11-36-29(37)22(35-30(36)42)13-18-7-8-23(38-3)19(12-18)16-41-28-26(33)20(31)15-21(32)27(28)34/h6-9,12-15H,4-5,10-11,16H2,1-3H3,(H,35,42)/b22-13+. The summed E-state index contributed by atoms with van der Waals surface area (Å²) in [7, 11) is 1.38. The molecule has 0 spiro atoms. The summed E-state index contributed by atoms with van der Waals surface area (Å²) in [5.41, 5.74) is 1.96. The summed E-state index contributed by atoms with van der Waals surface area (Å²) in [5.74, 6) is -6.45. The summed E-state index contributed by atoms with van der Waals surface area (Å²) in [6.45, 7) is 4.59.